The Labute approximate surface area is 172 Å². The molecule has 0 amide bonds. The number of nitrogens with two attached hydrogens (primary N) is 1. The number of aromatic amines is 1. The number of nitrogens with zero attached hydrogens (tertiary/aromatic N) is 1. The van der Waals surface area contributed by atoms with E-state index < -0.39 is 60.8 Å². The standard InChI is InChI=1S/C16H16F4N4O4S2/c1-3-4-30(27,28)23-10-6-7(9(17)5-8(10)13(21)29)11-12(16(18,19)20)24(2)15(26)22-14(11)25/h5-6,23H,3-4H2,1-2H3,(H2,21,29)(H,22,25,26). The highest BCUT2D eigenvalue weighted by atomic mass is 32.2. The Morgan fingerprint density at radius 3 is 2.40 bits per heavy atom. The normalized spacial score (nSPS) is 12.1. The third-order valence-corrected chi connectivity index (χ3v) is 5.67. The number of rotatable bonds is 6. The van der Waals surface area contributed by atoms with Gasteiger partial charge >= 0.3 is 11.9 Å². The number of halogens is 4. The van der Waals surface area contributed by atoms with Gasteiger partial charge in [0.25, 0.3) is 5.56 Å². The number of hydrogen-bond acceptors (Lipinski definition) is 5. The van der Waals surface area contributed by atoms with Crippen LogP contribution in [0.1, 0.15) is 24.6 Å². The van der Waals surface area contributed by atoms with Crippen molar-refractivity contribution in [2.24, 2.45) is 12.8 Å². The molecule has 30 heavy (non-hydrogen) atoms. The van der Waals surface area contributed by atoms with E-state index in [4.69, 9.17) is 18.0 Å². The summed E-state index contributed by atoms with van der Waals surface area (Å²) in [6.45, 7) is 1.57. The third kappa shape index (κ3) is 4.70. The smallest absolute Gasteiger partial charge is 0.389 e. The van der Waals surface area contributed by atoms with Gasteiger partial charge in [0.05, 0.1) is 17.0 Å². The Bertz CT molecular complexity index is 1230. The van der Waals surface area contributed by atoms with Crippen LogP contribution in [0.15, 0.2) is 21.7 Å². The van der Waals surface area contributed by atoms with E-state index in [1.54, 1.807) is 11.9 Å². The minimum absolute atomic E-state index is 0.110. The molecule has 0 saturated carbocycles. The first-order chi connectivity index (χ1) is 13.7. The van der Waals surface area contributed by atoms with E-state index in [0.717, 1.165) is 7.05 Å². The molecule has 0 fully saturated rings. The quantitative estimate of drug-likeness (QED) is 0.437. The van der Waals surface area contributed by atoms with Crippen LogP contribution in [-0.2, 0) is 23.2 Å². The number of sulfonamides is 1. The van der Waals surface area contributed by atoms with Crippen LogP contribution in [0.4, 0.5) is 23.2 Å². The van der Waals surface area contributed by atoms with Crippen molar-refractivity contribution in [3.63, 3.8) is 0 Å². The number of benzene rings is 1. The highest BCUT2D eigenvalue weighted by molar-refractivity contribution is 7.92. The van der Waals surface area contributed by atoms with Gasteiger partial charge in [-0.15, -0.1) is 0 Å². The van der Waals surface area contributed by atoms with Crippen LogP contribution < -0.4 is 21.7 Å². The van der Waals surface area contributed by atoms with Gasteiger partial charge in [0, 0.05) is 18.2 Å². The molecule has 0 bridgehead atoms. The monoisotopic (exact) mass is 468 g/mol. The summed E-state index contributed by atoms with van der Waals surface area (Å²) >= 11 is 4.75. The van der Waals surface area contributed by atoms with Gasteiger partial charge in [0.1, 0.15) is 16.5 Å². The highest BCUT2D eigenvalue weighted by Crippen LogP contribution is 2.36. The average Bonchev–Trinajstić information content (AvgIpc) is 2.57. The number of hydrogen-bond donors (Lipinski definition) is 3. The third-order valence-electron chi connectivity index (χ3n) is 3.97. The molecular weight excluding hydrogens is 452 g/mol. The van der Waals surface area contributed by atoms with Crippen LogP contribution >= 0.6 is 12.2 Å². The largest absolute Gasteiger partial charge is 0.432 e. The number of thiocarbonyl (C=S) groups is 1. The molecule has 0 spiro atoms. The second-order valence-corrected chi connectivity index (χ2v) is 8.48. The molecule has 0 aliphatic rings. The van der Waals surface area contributed by atoms with Crippen molar-refractivity contribution in [2.75, 3.05) is 10.5 Å². The molecule has 8 nitrogen and oxygen atoms in total. The molecule has 14 heteroatoms. The van der Waals surface area contributed by atoms with Crippen LogP contribution in [0.25, 0.3) is 11.1 Å². The number of aromatic nitrogens is 2. The lowest BCUT2D eigenvalue weighted by atomic mass is 10.0. The molecule has 0 aliphatic heterocycles. The second kappa shape index (κ2) is 8.18. The maximum atomic E-state index is 14.7. The molecule has 1 heterocycles. The lowest BCUT2D eigenvalue weighted by Gasteiger charge is -2.18. The van der Waals surface area contributed by atoms with Crippen LogP contribution in [-0.4, -0.2) is 28.7 Å². The lowest BCUT2D eigenvalue weighted by Crippen LogP contribution is -2.35. The molecule has 0 radical (unpaired) electrons. The summed E-state index contributed by atoms with van der Waals surface area (Å²) in [5.74, 6) is -1.67. The highest BCUT2D eigenvalue weighted by Gasteiger charge is 2.39. The lowest BCUT2D eigenvalue weighted by molar-refractivity contribution is -0.143. The zero-order valence-electron chi connectivity index (χ0n) is 15.6. The zero-order valence-corrected chi connectivity index (χ0v) is 17.2. The fourth-order valence-corrected chi connectivity index (χ4v) is 4.05. The molecule has 164 valence electrons. The van der Waals surface area contributed by atoms with Gasteiger partial charge in [-0.1, -0.05) is 19.1 Å². The number of anilines is 1. The minimum Gasteiger partial charge on any atom is -0.389 e. The first kappa shape index (κ1) is 23.5. The van der Waals surface area contributed by atoms with Crippen LogP contribution in [0, 0.1) is 5.82 Å². The molecule has 1 aromatic carbocycles. The van der Waals surface area contributed by atoms with Gasteiger partial charge in [-0.05, 0) is 18.6 Å². The van der Waals surface area contributed by atoms with Gasteiger partial charge in [0.15, 0.2) is 0 Å². The Morgan fingerprint density at radius 1 is 1.30 bits per heavy atom. The van der Waals surface area contributed by atoms with E-state index in [2.05, 4.69) is 4.72 Å². The molecule has 0 atom stereocenters. The van der Waals surface area contributed by atoms with E-state index in [0.29, 0.717) is 12.1 Å². The van der Waals surface area contributed by atoms with Crippen LogP contribution in [0.5, 0.6) is 0 Å². The molecule has 0 saturated heterocycles. The predicted octanol–water partition coefficient (Wildman–Crippen LogP) is 1.68. The Kier molecular flexibility index (Phi) is 6.42. The fourth-order valence-electron chi connectivity index (χ4n) is 2.74. The summed E-state index contributed by atoms with van der Waals surface area (Å²) in [5, 5.41) is 0. The summed E-state index contributed by atoms with van der Waals surface area (Å²) < 4.78 is 81.9. The molecular formula is C16H16F4N4O4S2. The molecule has 0 aliphatic carbocycles. The van der Waals surface area contributed by atoms with E-state index in [9.17, 15) is 35.6 Å². The van der Waals surface area contributed by atoms with Gasteiger partial charge in [0.2, 0.25) is 10.0 Å². The minimum atomic E-state index is -5.20. The van der Waals surface area contributed by atoms with Crippen molar-refractivity contribution in [3.8, 4) is 11.1 Å². The molecule has 4 N–H and O–H groups in total. The van der Waals surface area contributed by atoms with Crippen molar-refractivity contribution in [2.45, 2.75) is 19.5 Å². The van der Waals surface area contributed by atoms with Crippen molar-refractivity contribution in [1.82, 2.24) is 9.55 Å². The van der Waals surface area contributed by atoms with Crippen molar-refractivity contribution < 1.29 is 26.0 Å². The fraction of sp³-hybridized carbons (Fsp3) is 0.312. The van der Waals surface area contributed by atoms with E-state index in [1.165, 1.54) is 0 Å². The Hall–Kier alpha value is -2.74. The first-order valence-corrected chi connectivity index (χ1v) is 10.3. The van der Waals surface area contributed by atoms with Gasteiger partial charge in [-0.25, -0.2) is 17.6 Å². The van der Waals surface area contributed by atoms with Gasteiger partial charge < -0.3 is 5.73 Å². The topological polar surface area (TPSA) is 127 Å². The van der Waals surface area contributed by atoms with E-state index in [1.807, 2.05) is 0 Å². The average molecular weight is 468 g/mol. The maximum absolute atomic E-state index is 14.7. The predicted molar refractivity (Wildman–Crippen MR) is 106 cm³/mol. The summed E-state index contributed by atoms with van der Waals surface area (Å²) in [6, 6.07) is 1.30. The summed E-state index contributed by atoms with van der Waals surface area (Å²) in [5.41, 5.74) is -1.89. The zero-order chi connectivity index (χ0) is 23.0. The molecule has 1 aromatic heterocycles. The number of H-pyrrole nitrogens is 1. The van der Waals surface area contributed by atoms with Crippen molar-refractivity contribution in [1.29, 1.82) is 0 Å². The maximum Gasteiger partial charge on any atom is 0.432 e. The second-order valence-electron chi connectivity index (χ2n) is 6.20. The first-order valence-electron chi connectivity index (χ1n) is 8.24. The van der Waals surface area contributed by atoms with Crippen LogP contribution in [0.3, 0.4) is 0 Å². The van der Waals surface area contributed by atoms with Crippen molar-refractivity contribution in [3.05, 3.63) is 50.0 Å². The molecule has 0 unspecified atom stereocenters. The van der Waals surface area contributed by atoms with E-state index in [-0.39, 0.29) is 22.3 Å². The summed E-state index contributed by atoms with van der Waals surface area (Å²) in [7, 11) is -3.22. The Morgan fingerprint density at radius 2 is 1.90 bits per heavy atom. The van der Waals surface area contributed by atoms with Crippen LogP contribution in [0.2, 0.25) is 0 Å². The van der Waals surface area contributed by atoms with Gasteiger partial charge in [-0.2, -0.15) is 13.2 Å². The van der Waals surface area contributed by atoms with Crippen molar-refractivity contribution >= 4 is 32.9 Å². The number of alkyl halides is 3. The SMILES string of the molecule is CCCS(=O)(=O)Nc1cc(-c2c(C(F)(F)F)n(C)c(=O)[nH]c2=O)c(F)cc1C(N)=S. The molecule has 2 aromatic rings. The number of nitrogens with one attached hydrogen (secondary N) is 2. The summed E-state index contributed by atoms with van der Waals surface area (Å²) in [4.78, 5) is 25.1. The summed E-state index contributed by atoms with van der Waals surface area (Å²) in [6.07, 6.45) is -4.99. The van der Waals surface area contributed by atoms with E-state index >= 15 is 0 Å². The Balaban J connectivity index is 2.93. The van der Waals surface area contributed by atoms with Gasteiger partial charge in [-0.3, -0.25) is 19.1 Å². The molecule has 2 rings (SSSR count).